The quantitative estimate of drug-likeness (QED) is 0.562. The first-order valence-corrected chi connectivity index (χ1v) is 12.9. The monoisotopic (exact) mass is 503 g/mol. The fourth-order valence-electron chi connectivity index (χ4n) is 3.89. The fraction of sp³-hybridized carbons (Fsp3) is 0.500. The van der Waals surface area contributed by atoms with Crippen molar-refractivity contribution in [3.63, 3.8) is 0 Å². The number of hydrogen-bond acceptors (Lipinski definition) is 7. The molecule has 0 N–H and O–H groups in total. The van der Waals surface area contributed by atoms with Crippen molar-refractivity contribution in [1.82, 2.24) is 4.90 Å². The number of ether oxygens (including phenoxy) is 3. The van der Waals surface area contributed by atoms with Gasteiger partial charge >= 0.3 is 17.5 Å². The third kappa shape index (κ3) is 7.68. The van der Waals surface area contributed by atoms with Crippen LogP contribution in [0.3, 0.4) is 0 Å². The maximum atomic E-state index is 12.2. The number of nitrogens with zero attached hydrogens (tertiary/aromatic N) is 1. The van der Waals surface area contributed by atoms with Gasteiger partial charge in [-0.1, -0.05) is 24.3 Å². The van der Waals surface area contributed by atoms with Crippen LogP contribution in [0.1, 0.15) is 50.7 Å². The Labute approximate surface area is 209 Å². The molecule has 190 valence electrons. The van der Waals surface area contributed by atoms with E-state index in [4.69, 9.17) is 22.6 Å². The second-order valence-corrected chi connectivity index (χ2v) is 10.6. The second kappa shape index (κ2) is 11.4. The smallest absolute Gasteiger partial charge is 0.410 e. The van der Waals surface area contributed by atoms with Crippen molar-refractivity contribution < 1.29 is 31.6 Å². The van der Waals surface area contributed by atoms with Gasteiger partial charge in [-0.15, -0.1) is 0 Å². The van der Waals surface area contributed by atoms with Gasteiger partial charge in [-0.05, 0) is 56.2 Å². The van der Waals surface area contributed by atoms with Crippen LogP contribution < -0.4 is 9.47 Å². The Balaban J connectivity index is 1.20. The molecule has 2 fully saturated rings. The summed E-state index contributed by atoms with van der Waals surface area (Å²) in [6, 6.07) is 15.7. The number of carbonyl (C=O) groups excluding carboxylic acids is 1. The molecule has 0 aliphatic carbocycles. The predicted octanol–water partition coefficient (Wildman–Crippen LogP) is 4.75. The van der Waals surface area contributed by atoms with E-state index < -0.39 is 17.0 Å². The van der Waals surface area contributed by atoms with Crippen LogP contribution >= 0.6 is 0 Å². The lowest BCUT2D eigenvalue weighted by molar-refractivity contribution is 0.0126. The minimum absolute atomic E-state index is 0.0684. The SMILES string of the molecule is CC(C)(C)OC(=O)N1CCC(Oc2ccc(COc3ccc(C4COS(=O)OC4)cc3)cc2)CC1. The van der Waals surface area contributed by atoms with E-state index in [9.17, 15) is 9.00 Å². The number of carbonyl (C=O) groups is 1. The molecule has 0 aromatic heterocycles. The number of piperidine rings is 1. The van der Waals surface area contributed by atoms with Crippen molar-refractivity contribution in [2.75, 3.05) is 26.3 Å². The molecule has 35 heavy (non-hydrogen) atoms. The number of likely N-dealkylation sites (tertiary alicyclic amines) is 1. The lowest BCUT2D eigenvalue weighted by Gasteiger charge is -2.33. The highest BCUT2D eigenvalue weighted by molar-refractivity contribution is 7.75. The Kier molecular flexibility index (Phi) is 8.30. The molecule has 9 heteroatoms. The number of hydrogen-bond donors (Lipinski definition) is 0. The van der Waals surface area contributed by atoms with Crippen LogP contribution in [0.2, 0.25) is 0 Å². The minimum atomic E-state index is -1.63. The van der Waals surface area contributed by atoms with Crippen LogP contribution in [0.25, 0.3) is 0 Å². The first-order valence-electron chi connectivity index (χ1n) is 11.9. The van der Waals surface area contributed by atoms with Crippen molar-refractivity contribution >= 4 is 17.5 Å². The van der Waals surface area contributed by atoms with Crippen LogP contribution in [0.4, 0.5) is 4.79 Å². The molecule has 4 rings (SSSR count). The van der Waals surface area contributed by atoms with Gasteiger partial charge in [-0.25, -0.2) is 4.79 Å². The van der Waals surface area contributed by atoms with Gasteiger partial charge in [0.2, 0.25) is 0 Å². The summed E-state index contributed by atoms with van der Waals surface area (Å²) in [6.07, 6.45) is 1.37. The zero-order chi connectivity index (χ0) is 24.8. The molecule has 2 heterocycles. The van der Waals surface area contributed by atoms with Crippen molar-refractivity contribution in [2.45, 2.75) is 57.8 Å². The topological polar surface area (TPSA) is 83.5 Å². The highest BCUT2D eigenvalue weighted by atomic mass is 32.2. The molecule has 0 bridgehead atoms. The van der Waals surface area contributed by atoms with Gasteiger partial charge in [-0.3, -0.25) is 8.37 Å². The maximum absolute atomic E-state index is 12.2. The number of rotatable bonds is 6. The van der Waals surface area contributed by atoms with E-state index in [0.29, 0.717) is 32.9 Å². The standard InChI is InChI=1S/C26H33NO7S/c1-26(2,3)34-25(28)27-14-12-24(13-15-27)33-23-8-4-19(5-9-23)16-30-22-10-6-20(7-11-22)21-17-31-35(29)32-18-21/h4-11,21,24H,12-18H2,1-3H3. The summed E-state index contributed by atoms with van der Waals surface area (Å²) < 4.78 is 38.7. The molecule has 0 radical (unpaired) electrons. The van der Waals surface area contributed by atoms with Crippen molar-refractivity contribution in [2.24, 2.45) is 0 Å². The molecule has 0 unspecified atom stereocenters. The van der Waals surface area contributed by atoms with E-state index in [1.165, 1.54) is 0 Å². The third-order valence-electron chi connectivity index (χ3n) is 5.81. The summed E-state index contributed by atoms with van der Waals surface area (Å²) in [5.74, 6) is 1.65. The summed E-state index contributed by atoms with van der Waals surface area (Å²) in [5.41, 5.74) is 1.62. The zero-order valence-electron chi connectivity index (χ0n) is 20.4. The fourth-order valence-corrected chi connectivity index (χ4v) is 4.51. The maximum Gasteiger partial charge on any atom is 0.410 e. The lowest BCUT2D eigenvalue weighted by atomic mass is 10.0. The average molecular weight is 504 g/mol. The molecule has 0 atom stereocenters. The molecule has 8 nitrogen and oxygen atoms in total. The molecule has 2 aliphatic heterocycles. The first-order chi connectivity index (χ1) is 16.7. The van der Waals surface area contributed by atoms with Crippen LogP contribution in [0, 0.1) is 0 Å². The Hall–Kier alpha value is -2.62. The molecule has 2 aromatic rings. The molecule has 2 aliphatic rings. The summed E-state index contributed by atoms with van der Waals surface area (Å²) in [6.45, 7) is 8.09. The molecule has 2 saturated heterocycles. The minimum Gasteiger partial charge on any atom is -0.490 e. The van der Waals surface area contributed by atoms with Gasteiger partial charge in [0.25, 0.3) is 0 Å². The third-order valence-corrected chi connectivity index (χ3v) is 6.46. The summed E-state index contributed by atoms with van der Waals surface area (Å²) in [4.78, 5) is 14.0. The van der Waals surface area contributed by atoms with Gasteiger partial charge in [0.05, 0.1) is 13.2 Å². The highest BCUT2D eigenvalue weighted by Crippen LogP contribution is 2.25. The lowest BCUT2D eigenvalue weighted by Crippen LogP contribution is -2.44. The van der Waals surface area contributed by atoms with Crippen LogP contribution in [0.5, 0.6) is 11.5 Å². The van der Waals surface area contributed by atoms with Crippen LogP contribution in [0.15, 0.2) is 48.5 Å². The van der Waals surface area contributed by atoms with Crippen molar-refractivity contribution in [1.29, 1.82) is 0 Å². The summed E-state index contributed by atoms with van der Waals surface area (Å²) in [7, 11) is 0. The van der Waals surface area contributed by atoms with E-state index >= 15 is 0 Å². The molecule has 0 saturated carbocycles. The number of amides is 1. The predicted molar refractivity (Wildman–Crippen MR) is 131 cm³/mol. The molecule has 0 spiro atoms. The van der Waals surface area contributed by atoms with E-state index in [2.05, 4.69) is 0 Å². The van der Waals surface area contributed by atoms with Crippen molar-refractivity contribution in [3.05, 3.63) is 59.7 Å². The van der Waals surface area contributed by atoms with Gasteiger partial charge < -0.3 is 19.1 Å². The zero-order valence-corrected chi connectivity index (χ0v) is 21.3. The first kappa shape index (κ1) is 25.5. The van der Waals surface area contributed by atoms with E-state index in [0.717, 1.165) is 35.5 Å². The largest absolute Gasteiger partial charge is 0.490 e. The van der Waals surface area contributed by atoms with Crippen LogP contribution in [-0.2, 0) is 31.1 Å². The van der Waals surface area contributed by atoms with Gasteiger partial charge in [0, 0.05) is 31.8 Å². The van der Waals surface area contributed by atoms with Crippen LogP contribution in [-0.4, -0.2) is 53.2 Å². The van der Waals surface area contributed by atoms with Gasteiger partial charge in [0.1, 0.15) is 29.8 Å². The Morgan fingerprint density at radius 2 is 1.57 bits per heavy atom. The van der Waals surface area contributed by atoms with E-state index in [1.807, 2.05) is 69.3 Å². The van der Waals surface area contributed by atoms with Crippen molar-refractivity contribution in [3.8, 4) is 11.5 Å². The van der Waals surface area contributed by atoms with E-state index in [-0.39, 0.29) is 18.1 Å². The molecule has 2 aromatic carbocycles. The number of benzene rings is 2. The Morgan fingerprint density at radius 1 is 0.971 bits per heavy atom. The second-order valence-electron chi connectivity index (χ2n) is 9.76. The Morgan fingerprint density at radius 3 is 2.17 bits per heavy atom. The Bertz CT molecular complexity index is 986. The summed E-state index contributed by atoms with van der Waals surface area (Å²) in [5, 5.41) is 0. The molecular formula is C26H33NO7S. The summed E-state index contributed by atoms with van der Waals surface area (Å²) >= 11 is -1.63. The highest BCUT2D eigenvalue weighted by Gasteiger charge is 2.27. The van der Waals surface area contributed by atoms with E-state index in [1.54, 1.807) is 4.90 Å². The normalized spacial score (nSPS) is 21.4. The van der Waals surface area contributed by atoms with Gasteiger partial charge in [0.15, 0.2) is 0 Å². The molecular weight excluding hydrogens is 470 g/mol. The van der Waals surface area contributed by atoms with Gasteiger partial charge in [-0.2, -0.15) is 4.21 Å². The molecule has 1 amide bonds. The average Bonchev–Trinajstić information content (AvgIpc) is 2.84.